The minimum Gasteiger partial charge on any atom is -0.331 e. The van der Waals surface area contributed by atoms with Crippen molar-refractivity contribution >= 4 is 35.3 Å². The Balaban J connectivity index is 1.15. The number of hydrogen-bond donors (Lipinski definition) is 1. The van der Waals surface area contributed by atoms with E-state index >= 15 is 0 Å². The van der Waals surface area contributed by atoms with Crippen LogP contribution in [-0.2, 0) is 20.9 Å². The number of nitrogens with one attached hydrogen (secondary N) is 1. The number of benzene rings is 2. The second-order valence-corrected chi connectivity index (χ2v) is 12.1. The van der Waals surface area contributed by atoms with E-state index in [1.807, 2.05) is 17.0 Å². The Morgan fingerprint density at radius 1 is 1.02 bits per heavy atom. The van der Waals surface area contributed by atoms with E-state index in [0.29, 0.717) is 38.0 Å². The van der Waals surface area contributed by atoms with Gasteiger partial charge in [-0.2, -0.15) is 0 Å². The lowest BCUT2D eigenvalue weighted by molar-refractivity contribution is -0.137. The number of carbonyl (C=O) groups is 4. The van der Waals surface area contributed by atoms with Crippen LogP contribution in [0.3, 0.4) is 0 Å². The normalized spacial score (nSPS) is 22.2. The van der Waals surface area contributed by atoms with Crippen molar-refractivity contribution in [2.24, 2.45) is 5.41 Å². The lowest BCUT2D eigenvalue weighted by atomic mass is 9.72. The fourth-order valence-electron chi connectivity index (χ4n) is 6.24. The lowest BCUT2D eigenvalue weighted by Crippen LogP contribution is -2.52. The van der Waals surface area contributed by atoms with Gasteiger partial charge >= 0.3 is 0 Å². The first-order valence-corrected chi connectivity index (χ1v) is 13.8. The maximum absolute atomic E-state index is 13.6. The van der Waals surface area contributed by atoms with Gasteiger partial charge in [0.15, 0.2) is 0 Å². The highest BCUT2D eigenvalue weighted by Crippen LogP contribution is 2.44. The van der Waals surface area contributed by atoms with Gasteiger partial charge in [-0.1, -0.05) is 38.1 Å². The maximum atomic E-state index is 13.6. The Morgan fingerprint density at radius 3 is 2.50 bits per heavy atom. The Bertz CT molecular complexity index is 1500. The van der Waals surface area contributed by atoms with Crippen molar-refractivity contribution < 1.29 is 23.6 Å². The highest BCUT2D eigenvalue weighted by atomic mass is 19.1. The molecular formula is C32H32FN3O4. The fourth-order valence-corrected chi connectivity index (χ4v) is 6.24. The van der Waals surface area contributed by atoms with E-state index in [-0.39, 0.29) is 35.4 Å². The zero-order valence-electron chi connectivity index (χ0n) is 22.8. The number of amides is 4. The van der Waals surface area contributed by atoms with Gasteiger partial charge in [-0.25, -0.2) is 4.39 Å². The van der Waals surface area contributed by atoms with Gasteiger partial charge in [0.2, 0.25) is 11.8 Å². The van der Waals surface area contributed by atoms with Crippen LogP contribution in [-0.4, -0.2) is 52.6 Å². The summed E-state index contributed by atoms with van der Waals surface area (Å²) in [6.45, 7) is 5.83. The predicted molar refractivity (Wildman–Crippen MR) is 148 cm³/mol. The van der Waals surface area contributed by atoms with Crippen LogP contribution < -0.4 is 5.32 Å². The number of imide groups is 1. The van der Waals surface area contributed by atoms with Crippen LogP contribution in [0.15, 0.2) is 53.6 Å². The Hall–Kier alpha value is -4.07. The molecular weight excluding hydrogens is 509 g/mol. The van der Waals surface area contributed by atoms with Crippen molar-refractivity contribution in [2.45, 2.75) is 58.5 Å². The summed E-state index contributed by atoms with van der Waals surface area (Å²) in [6, 6.07) is 11.4. The molecule has 0 spiro atoms. The largest absolute Gasteiger partial charge is 0.331 e. The molecule has 1 aliphatic carbocycles. The quantitative estimate of drug-likeness (QED) is 0.579. The highest BCUT2D eigenvalue weighted by Gasteiger charge is 2.39. The molecule has 7 nitrogen and oxygen atoms in total. The number of likely N-dealkylation sites (tertiary alicyclic amines) is 1. The van der Waals surface area contributed by atoms with Crippen molar-refractivity contribution in [1.82, 2.24) is 15.1 Å². The molecule has 8 heteroatoms. The van der Waals surface area contributed by atoms with E-state index in [0.717, 1.165) is 46.3 Å². The van der Waals surface area contributed by atoms with E-state index in [1.54, 1.807) is 23.1 Å². The van der Waals surface area contributed by atoms with Crippen LogP contribution in [0.2, 0.25) is 0 Å². The number of carbonyl (C=O) groups excluding carboxylic acids is 4. The van der Waals surface area contributed by atoms with Crippen LogP contribution >= 0.6 is 0 Å². The van der Waals surface area contributed by atoms with E-state index < -0.39 is 11.9 Å². The highest BCUT2D eigenvalue weighted by molar-refractivity contribution is 6.05. The number of fused-ring (bicyclic) bond motifs is 1. The molecule has 6 rings (SSSR count). The summed E-state index contributed by atoms with van der Waals surface area (Å²) in [5.41, 5.74) is 6.35. The first kappa shape index (κ1) is 26.2. The molecule has 0 radical (unpaired) electrons. The SMILES string of the molecule is CC1(C)CCC(C(=O)N2CC(=Cc3ccc4c(c3)CN(C3CCC(=O)NC3=O)C4=O)C2)=C(c2ccc(F)cc2)C1. The van der Waals surface area contributed by atoms with Gasteiger partial charge in [0, 0.05) is 37.2 Å². The molecule has 1 unspecified atom stereocenters. The zero-order chi connectivity index (χ0) is 28.2. The number of nitrogens with zero attached hydrogens (tertiary/aromatic N) is 2. The second kappa shape index (κ2) is 9.84. The molecule has 3 heterocycles. The summed E-state index contributed by atoms with van der Waals surface area (Å²) in [5, 5.41) is 2.33. The topological polar surface area (TPSA) is 86.8 Å². The number of halogens is 1. The van der Waals surface area contributed by atoms with Gasteiger partial charge in [0.1, 0.15) is 11.9 Å². The molecule has 3 aliphatic heterocycles. The standard InChI is InChI=1S/C32H32FN3O4/c1-32(2)12-11-25(26(15-32)21-4-6-23(33)7-5-21)30(39)35-16-20(17-35)13-19-3-8-24-22(14-19)18-36(31(24)40)27-9-10-28(37)34-29(27)38/h3-8,13-14,27H,9-12,15-18H2,1-2H3,(H,34,37,38). The Labute approximate surface area is 232 Å². The first-order chi connectivity index (χ1) is 19.1. The van der Waals surface area contributed by atoms with Crippen LogP contribution in [0.25, 0.3) is 11.6 Å². The molecule has 2 aromatic carbocycles. The number of rotatable bonds is 4. The zero-order valence-corrected chi connectivity index (χ0v) is 22.8. The molecule has 1 atom stereocenters. The number of hydrogen-bond acceptors (Lipinski definition) is 4. The fraction of sp³-hybridized carbons (Fsp3) is 0.375. The predicted octanol–water partition coefficient (Wildman–Crippen LogP) is 4.48. The molecule has 0 aromatic heterocycles. The lowest BCUT2D eigenvalue weighted by Gasteiger charge is -2.39. The summed E-state index contributed by atoms with van der Waals surface area (Å²) in [5.74, 6) is -1.15. The Morgan fingerprint density at radius 2 is 1.77 bits per heavy atom. The third-order valence-electron chi connectivity index (χ3n) is 8.52. The second-order valence-electron chi connectivity index (χ2n) is 12.1. The number of piperidine rings is 1. The van der Waals surface area contributed by atoms with Crippen molar-refractivity contribution in [2.75, 3.05) is 13.1 Å². The van der Waals surface area contributed by atoms with E-state index in [9.17, 15) is 23.6 Å². The van der Waals surface area contributed by atoms with Crippen LogP contribution in [0.4, 0.5) is 4.39 Å². The minimum absolute atomic E-state index is 0.0476. The average Bonchev–Trinajstić information content (AvgIpc) is 3.21. The maximum Gasteiger partial charge on any atom is 0.255 e. The average molecular weight is 542 g/mol. The first-order valence-electron chi connectivity index (χ1n) is 13.8. The van der Waals surface area contributed by atoms with Crippen LogP contribution in [0, 0.1) is 11.2 Å². The van der Waals surface area contributed by atoms with E-state index in [4.69, 9.17) is 0 Å². The third-order valence-corrected chi connectivity index (χ3v) is 8.52. The van der Waals surface area contributed by atoms with E-state index in [1.165, 1.54) is 12.1 Å². The Kier molecular flexibility index (Phi) is 6.44. The molecule has 1 N–H and O–H groups in total. The van der Waals surface area contributed by atoms with Gasteiger partial charge in [-0.3, -0.25) is 24.5 Å². The van der Waals surface area contributed by atoms with Gasteiger partial charge in [0.05, 0.1) is 0 Å². The summed E-state index contributed by atoms with van der Waals surface area (Å²) in [7, 11) is 0. The van der Waals surface area contributed by atoms with Crippen molar-refractivity contribution in [3.05, 3.63) is 81.7 Å². The summed E-state index contributed by atoms with van der Waals surface area (Å²) in [6.07, 6.45) is 5.03. The van der Waals surface area contributed by atoms with Gasteiger partial charge < -0.3 is 9.80 Å². The van der Waals surface area contributed by atoms with Gasteiger partial charge in [-0.05, 0) is 83.2 Å². The summed E-state index contributed by atoms with van der Waals surface area (Å²) in [4.78, 5) is 53.7. The van der Waals surface area contributed by atoms with Crippen molar-refractivity contribution in [3.63, 3.8) is 0 Å². The molecule has 206 valence electrons. The molecule has 2 fully saturated rings. The van der Waals surface area contributed by atoms with Gasteiger partial charge in [0.25, 0.3) is 11.8 Å². The van der Waals surface area contributed by atoms with Crippen LogP contribution in [0.5, 0.6) is 0 Å². The monoisotopic (exact) mass is 541 g/mol. The summed E-state index contributed by atoms with van der Waals surface area (Å²) < 4.78 is 13.6. The van der Waals surface area contributed by atoms with Gasteiger partial charge in [-0.15, -0.1) is 0 Å². The van der Waals surface area contributed by atoms with E-state index in [2.05, 4.69) is 25.2 Å². The minimum atomic E-state index is -0.634. The number of allylic oxidation sites excluding steroid dienone is 1. The smallest absolute Gasteiger partial charge is 0.255 e. The van der Waals surface area contributed by atoms with Crippen LogP contribution in [0.1, 0.15) is 73.0 Å². The molecule has 4 amide bonds. The van der Waals surface area contributed by atoms with Crippen molar-refractivity contribution in [3.8, 4) is 0 Å². The molecule has 0 saturated carbocycles. The third kappa shape index (κ3) is 4.87. The molecule has 0 bridgehead atoms. The molecule has 40 heavy (non-hydrogen) atoms. The van der Waals surface area contributed by atoms with Crippen molar-refractivity contribution in [1.29, 1.82) is 0 Å². The molecule has 2 aromatic rings. The summed E-state index contributed by atoms with van der Waals surface area (Å²) >= 11 is 0. The molecule has 4 aliphatic rings. The molecule has 2 saturated heterocycles.